The zero-order valence-corrected chi connectivity index (χ0v) is 9.55. The van der Waals surface area contributed by atoms with E-state index in [9.17, 15) is 9.90 Å². The summed E-state index contributed by atoms with van der Waals surface area (Å²) in [5, 5.41) is 12.1. The minimum Gasteiger partial charge on any atom is -0.504 e. The van der Waals surface area contributed by atoms with Crippen LogP contribution in [-0.2, 0) is 0 Å². The first-order valence-corrected chi connectivity index (χ1v) is 5.32. The number of benzene rings is 2. The fourth-order valence-corrected chi connectivity index (χ4v) is 1.55. The van der Waals surface area contributed by atoms with Gasteiger partial charge in [-0.3, -0.25) is 4.79 Å². The van der Waals surface area contributed by atoms with Crippen LogP contribution in [0.3, 0.4) is 0 Å². The molecule has 2 aromatic carbocycles. The largest absolute Gasteiger partial charge is 0.504 e. The van der Waals surface area contributed by atoms with Crippen molar-refractivity contribution >= 4 is 23.0 Å². The highest BCUT2D eigenvalue weighted by molar-refractivity contribution is 6.04. The van der Waals surface area contributed by atoms with Gasteiger partial charge in [0.15, 0.2) is 5.75 Å². The van der Waals surface area contributed by atoms with Crippen LogP contribution in [0.5, 0.6) is 5.75 Å². The number of phenolic OH excluding ortho intramolecular Hbond substituents is 1. The van der Waals surface area contributed by atoms with E-state index in [2.05, 4.69) is 5.32 Å². The van der Waals surface area contributed by atoms with Gasteiger partial charge in [0.1, 0.15) is 0 Å². The molecular weight excluding hydrogens is 230 g/mol. The lowest BCUT2D eigenvalue weighted by molar-refractivity contribution is 0.102. The molecule has 18 heavy (non-hydrogen) atoms. The maximum Gasteiger partial charge on any atom is 0.255 e. The number of carbonyl (C=O) groups excluding carboxylic acids is 1. The summed E-state index contributed by atoms with van der Waals surface area (Å²) in [4.78, 5) is 11.9. The van der Waals surface area contributed by atoms with Gasteiger partial charge in [-0.15, -0.1) is 0 Å². The number of phenols is 1. The Morgan fingerprint density at radius 2 is 1.61 bits per heavy atom. The lowest BCUT2D eigenvalue weighted by atomic mass is 10.2. The monoisotopic (exact) mass is 243 g/mol. The van der Waals surface area contributed by atoms with Crippen LogP contribution >= 0.6 is 0 Å². The molecule has 0 aliphatic rings. The van der Waals surface area contributed by atoms with Gasteiger partial charge in [0, 0.05) is 11.3 Å². The van der Waals surface area contributed by atoms with Crippen molar-refractivity contribution < 1.29 is 9.90 Å². The van der Waals surface area contributed by atoms with Crippen LogP contribution in [0.15, 0.2) is 42.5 Å². The molecule has 0 saturated carbocycles. The first-order valence-electron chi connectivity index (χ1n) is 5.32. The number of rotatable bonds is 2. The van der Waals surface area contributed by atoms with Crippen LogP contribution in [0.2, 0.25) is 0 Å². The number of nitrogens with two attached hydrogens (primary N) is 2. The number of amides is 1. The van der Waals surface area contributed by atoms with E-state index in [0.29, 0.717) is 11.3 Å². The Morgan fingerprint density at radius 1 is 1.06 bits per heavy atom. The number of hydrogen-bond donors (Lipinski definition) is 4. The molecule has 2 rings (SSSR count). The molecule has 0 saturated heterocycles. The van der Waals surface area contributed by atoms with Gasteiger partial charge in [0.25, 0.3) is 5.91 Å². The summed E-state index contributed by atoms with van der Waals surface area (Å²) in [5.74, 6) is -0.437. The molecule has 0 radical (unpaired) electrons. The molecule has 2 aromatic rings. The van der Waals surface area contributed by atoms with Gasteiger partial charge in [-0.1, -0.05) is 18.2 Å². The summed E-state index contributed by atoms with van der Waals surface area (Å²) in [5.41, 5.74) is 12.3. The fourth-order valence-electron chi connectivity index (χ4n) is 1.55. The van der Waals surface area contributed by atoms with Crippen molar-refractivity contribution in [3.05, 3.63) is 48.0 Å². The Balaban J connectivity index is 2.23. The summed E-state index contributed by atoms with van der Waals surface area (Å²) >= 11 is 0. The molecule has 1 amide bonds. The zero-order chi connectivity index (χ0) is 13.1. The van der Waals surface area contributed by atoms with Crippen LogP contribution in [-0.4, -0.2) is 11.0 Å². The van der Waals surface area contributed by atoms with E-state index in [1.165, 1.54) is 12.1 Å². The van der Waals surface area contributed by atoms with Gasteiger partial charge in [-0.2, -0.15) is 0 Å². The number of hydrogen-bond acceptors (Lipinski definition) is 4. The van der Waals surface area contributed by atoms with Crippen molar-refractivity contribution in [2.45, 2.75) is 0 Å². The molecule has 6 N–H and O–H groups in total. The maximum absolute atomic E-state index is 11.9. The normalized spacial score (nSPS) is 10.0. The van der Waals surface area contributed by atoms with Crippen LogP contribution in [0.4, 0.5) is 17.1 Å². The standard InChI is InChI=1S/C13H13N3O2/c14-10-6-9(7-11(15)12(10)17)16-13(18)8-4-2-1-3-5-8/h1-7,17H,14-15H2,(H,16,18). The molecule has 5 heteroatoms. The Morgan fingerprint density at radius 3 is 2.17 bits per heavy atom. The second kappa shape index (κ2) is 4.67. The second-order valence-corrected chi connectivity index (χ2v) is 3.82. The molecule has 0 heterocycles. The maximum atomic E-state index is 11.9. The number of nitrogen functional groups attached to an aromatic ring is 2. The van der Waals surface area contributed by atoms with Crippen LogP contribution < -0.4 is 16.8 Å². The molecule has 0 atom stereocenters. The van der Waals surface area contributed by atoms with Gasteiger partial charge < -0.3 is 21.9 Å². The minimum atomic E-state index is -0.264. The summed E-state index contributed by atoms with van der Waals surface area (Å²) in [6, 6.07) is 11.7. The molecule has 5 nitrogen and oxygen atoms in total. The Bertz CT molecular complexity index is 559. The van der Waals surface area contributed by atoms with E-state index in [-0.39, 0.29) is 23.0 Å². The highest BCUT2D eigenvalue weighted by Crippen LogP contribution is 2.31. The van der Waals surface area contributed by atoms with Crippen LogP contribution in [0.25, 0.3) is 0 Å². The lowest BCUT2D eigenvalue weighted by Crippen LogP contribution is -2.12. The summed E-state index contributed by atoms with van der Waals surface area (Å²) in [7, 11) is 0. The van der Waals surface area contributed by atoms with Gasteiger partial charge in [0.2, 0.25) is 0 Å². The Kier molecular flexibility index (Phi) is 3.05. The van der Waals surface area contributed by atoms with Crippen molar-refractivity contribution in [2.75, 3.05) is 16.8 Å². The van der Waals surface area contributed by atoms with Crippen molar-refractivity contribution in [2.24, 2.45) is 0 Å². The third kappa shape index (κ3) is 2.35. The number of anilines is 3. The Labute approximate surface area is 104 Å². The third-order valence-electron chi connectivity index (χ3n) is 2.46. The molecule has 0 spiro atoms. The van der Waals surface area contributed by atoms with E-state index in [4.69, 9.17) is 11.5 Å². The van der Waals surface area contributed by atoms with E-state index < -0.39 is 0 Å². The fraction of sp³-hybridized carbons (Fsp3) is 0. The van der Waals surface area contributed by atoms with Crippen molar-refractivity contribution in [3.63, 3.8) is 0 Å². The number of aromatic hydroxyl groups is 1. The van der Waals surface area contributed by atoms with Gasteiger partial charge in [0.05, 0.1) is 11.4 Å². The van der Waals surface area contributed by atoms with Gasteiger partial charge in [-0.25, -0.2) is 0 Å². The summed E-state index contributed by atoms with van der Waals surface area (Å²) in [6.45, 7) is 0. The van der Waals surface area contributed by atoms with Crippen LogP contribution in [0.1, 0.15) is 10.4 Å². The molecule has 0 aliphatic heterocycles. The molecule has 0 unspecified atom stereocenters. The topological polar surface area (TPSA) is 101 Å². The van der Waals surface area contributed by atoms with E-state index in [0.717, 1.165) is 0 Å². The first kappa shape index (κ1) is 11.8. The molecular formula is C13H13N3O2. The van der Waals surface area contributed by atoms with Gasteiger partial charge in [-0.05, 0) is 24.3 Å². The number of carbonyl (C=O) groups is 1. The smallest absolute Gasteiger partial charge is 0.255 e. The highest BCUT2D eigenvalue weighted by Gasteiger charge is 2.08. The minimum absolute atomic E-state index is 0.123. The van der Waals surface area contributed by atoms with Crippen molar-refractivity contribution in [1.29, 1.82) is 0 Å². The van der Waals surface area contributed by atoms with Crippen molar-refractivity contribution in [1.82, 2.24) is 0 Å². The van der Waals surface area contributed by atoms with Gasteiger partial charge >= 0.3 is 0 Å². The van der Waals surface area contributed by atoms with E-state index in [1.54, 1.807) is 24.3 Å². The quantitative estimate of drug-likeness (QED) is 0.367. The molecule has 0 bridgehead atoms. The molecule has 0 aromatic heterocycles. The zero-order valence-electron chi connectivity index (χ0n) is 9.55. The third-order valence-corrected chi connectivity index (χ3v) is 2.46. The average molecular weight is 243 g/mol. The van der Waals surface area contributed by atoms with Crippen molar-refractivity contribution in [3.8, 4) is 5.75 Å². The first-order chi connectivity index (χ1) is 8.58. The number of nitrogens with one attached hydrogen (secondary N) is 1. The lowest BCUT2D eigenvalue weighted by Gasteiger charge is -2.09. The molecule has 92 valence electrons. The SMILES string of the molecule is Nc1cc(NC(=O)c2ccccc2)cc(N)c1O. The second-order valence-electron chi connectivity index (χ2n) is 3.82. The average Bonchev–Trinajstić information content (AvgIpc) is 2.37. The predicted octanol–water partition coefficient (Wildman–Crippen LogP) is 1.81. The summed E-state index contributed by atoms with van der Waals surface area (Å²) < 4.78 is 0. The molecule has 0 aliphatic carbocycles. The van der Waals surface area contributed by atoms with E-state index >= 15 is 0 Å². The highest BCUT2D eigenvalue weighted by atomic mass is 16.3. The molecule has 0 fully saturated rings. The van der Waals surface area contributed by atoms with Crippen LogP contribution in [0, 0.1) is 0 Å². The summed E-state index contributed by atoms with van der Waals surface area (Å²) in [6.07, 6.45) is 0. The predicted molar refractivity (Wildman–Crippen MR) is 71.3 cm³/mol. The Hall–Kier alpha value is -2.69. The van der Waals surface area contributed by atoms with E-state index in [1.807, 2.05) is 6.07 Å².